The molecule has 0 saturated carbocycles. The number of alkyl halides is 3. The topological polar surface area (TPSA) is 111 Å². The minimum absolute atomic E-state index is 0.00545. The highest BCUT2D eigenvalue weighted by molar-refractivity contribution is 6.29. The van der Waals surface area contributed by atoms with Crippen molar-refractivity contribution in [1.82, 2.24) is 4.98 Å². The molecule has 1 heterocycles. The number of aromatic nitrogens is 1. The fraction of sp³-hybridized carbons (Fsp3) is 0.133. The summed E-state index contributed by atoms with van der Waals surface area (Å²) < 4.78 is 43.8. The summed E-state index contributed by atoms with van der Waals surface area (Å²) in [5.74, 6) is -2.00. The zero-order valence-corrected chi connectivity index (χ0v) is 13.9. The van der Waals surface area contributed by atoms with Gasteiger partial charge < -0.3 is 10.1 Å². The number of ether oxygens (including phenoxy) is 1. The summed E-state index contributed by atoms with van der Waals surface area (Å²) in [5.41, 5.74) is -2.91. The minimum Gasteiger partial charge on any atom is -0.452 e. The molecule has 0 atom stereocenters. The monoisotopic (exact) mass is 403 g/mol. The van der Waals surface area contributed by atoms with E-state index in [-0.39, 0.29) is 10.7 Å². The molecule has 12 heteroatoms. The molecular weight excluding hydrogens is 395 g/mol. The quantitative estimate of drug-likeness (QED) is 0.354. The van der Waals surface area contributed by atoms with E-state index in [4.69, 9.17) is 11.6 Å². The van der Waals surface area contributed by atoms with E-state index in [1.165, 1.54) is 18.3 Å². The molecule has 0 unspecified atom stereocenters. The van der Waals surface area contributed by atoms with Crippen LogP contribution in [0.15, 0.2) is 36.5 Å². The van der Waals surface area contributed by atoms with Crippen LogP contribution in [0.3, 0.4) is 0 Å². The van der Waals surface area contributed by atoms with Gasteiger partial charge in [-0.2, -0.15) is 13.2 Å². The average Bonchev–Trinajstić information content (AvgIpc) is 2.58. The summed E-state index contributed by atoms with van der Waals surface area (Å²) in [6.45, 7) is -0.882. The number of pyridine rings is 1. The van der Waals surface area contributed by atoms with Crippen molar-refractivity contribution in [3.63, 3.8) is 0 Å². The molecule has 0 fully saturated rings. The van der Waals surface area contributed by atoms with Crippen LogP contribution in [-0.2, 0) is 15.7 Å². The molecular formula is C15H9ClF3N3O5. The van der Waals surface area contributed by atoms with Crippen LogP contribution < -0.4 is 5.32 Å². The van der Waals surface area contributed by atoms with Crippen molar-refractivity contribution in [2.75, 3.05) is 11.9 Å². The number of carbonyl (C=O) groups excluding carboxylic acids is 2. The van der Waals surface area contributed by atoms with E-state index >= 15 is 0 Å². The Morgan fingerprint density at radius 2 is 1.96 bits per heavy atom. The molecule has 2 rings (SSSR count). The molecule has 1 aromatic carbocycles. The SMILES string of the molecule is O=C(COC(=O)c1ccnc(Cl)c1)Nc1ccc([N+](=O)[O-])cc1C(F)(F)F. The first kappa shape index (κ1) is 20.1. The Morgan fingerprint density at radius 1 is 1.26 bits per heavy atom. The Hall–Kier alpha value is -3.21. The number of nitrogens with one attached hydrogen (secondary N) is 1. The second kappa shape index (κ2) is 7.99. The molecule has 0 aliphatic carbocycles. The van der Waals surface area contributed by atoms with Crippen LogP contribution in [-0.4, -0.2) is 28.4 Å². The number of hydrogen-bond acceptors (Lipinski definition) is 6. The lowest BCUT2D eigenvalue weighted by Crippen LogP contribution is -2.23. The Labute approximate surface area is 154 Å². The molecule has 27 heavy (non-hydrogen) atoms. The van der Waals surface area contributed by atoms with Gasteiger partial charge in [0.05, 0.1) is 21.7 Å². The molecule has 2 aromatic rings. The lowest BCUT2D eigenvalue weighted by atomic mass is 10.1. The van der Waals surface area contributed by atoms with Gasteiger partial charge in [-0.3, -0.25) is 14.9 Å². The average molecular weight is 404 g/mol. The molecule has 0 radical (unpaired) electrons. The lowest BCUT2D eigenvalue weighted by Gasteiger charge is -2.13. The van der Waals surface area contributed by atoms with Gasteiger partial charge in [-0.25, -0.2) is 9.78 Å². The predicted octanol–water partition coefficient (Wildman–Crippen LogP) is 3.46. The molecule has 1 N–H and O–H groups in total. The van der Waals surface area contributed by atoms with Gasteiger partial charge in [0.15, 0.2) is 6.61 Å². The van der Waals surface area contributed by atoms with Crippen molar-refractivity contribution in [2.45, 2.75) is 6.18 Å². The fourth-order valence-corrected chi connectivity index (χ4v) is 2.09. The number of nitrogens with zero attached hydrogens (tertiary/aromatic N) is 2. The first-order valence-electron chi connectivity index (χ1n) is 7.02. The van der Waals surface area contributed by atoms with E-state index in [1.54, 1.807) is 0 Å². The second-order valence-electron chi connectivity index (χ2n) is 4.98. The normalized spacial score (nSPS) is 11.0. The van der Waals surface area contributed by atoms with Crippen molar-refractivity contribution < 1.29 is 32.4 Å². The van der Waals surface area contributed by atoms with Crippen LogP contribution in [0.2, 0.25) is 5.15 Å². The van der Waals surface area contributed by atoms with Gasteiger partial charge in [0, 0.05) is 18.3 Å². The highest BCUT2D eigenvalue weighted by atomic mass is 35.5. The fourth-order valence-electron chi connectivity index (χ4n) is 1.92. The summed E-state index contributed by atoms with van der Waals surface area (Å²) in [6, 6.07) is 4.28. The predicted molar refractivity (Wildman–Crippen MR) is 86.3 cm³/mol. The van der Waals surface area contributed by atoms with Crippen molar-refractivity contribution in [3.05, 3.63) is 62.9 Å². The highest BCUT2D eigenvalue weighted by Crippen LogP contribution is 2.37. The van der Waals surface area contributed by atoms with Gasteiger partial charge in [0.2, 0.25) is 0 Å². The molecule has 0 spiro atoms. The van der Waals surface area contributed by atoms with E-state index in [0.29, 0.717) is 6.07 Å². The molecule has 1 aromatic heterocycles. The molecule has 8 nitrogen and oxygen atoms in total. The number of halogens is 4. The van der Waals surface area contributed by atoms with Gasteiger partial charge in [-0.15, -0.1) is 0 Å². The van der Waals surface area contributed by atoms with Crippen molar-refractivity contribution in [2.24, 2.45) is 0 Å². The lowest BCUT2D eigenvalue weighted by molar-refractivity contribution is -0.385. The Bertz CT molecular complexity index is 905. The number of carbonyl (C=O) groups is 2. The van der Waals surface area contributed by atoms with Gasteiger partial charge in [0.1, 0.15) is 5.15 Å². The zero-order chi connectivity index (χ0) is 20.2. The van der Waals surface area contributed by atoms with Gasteiger partial charge in [-0.05, 0) is 18.2 Å². The largest absolute Gasteiger partial charge is 0.452 e. The summed E-state index contributed by atoms with van der Waals surface area (Å²) in [6.07, 6.45) is -3.72. The van der Waals surface area contributed by atoms with Gasteiger partial charge in [0.25, 0.3) is 11.6 Å². The Balaban J connectivity index is 2.09. The maximum Gasteiger partial charge on any atom is 0.418 e. The number of non-ortho nitro benzene ring substituents is 1. The van der Waals surface area contributed by atoms with E-state index in [1.807, 2.05) is 5.32 Å². The number of nitro groups is 1. The third-order valence-corrected chi connectivity index (χ3v) is 3.30. The maximum absolute atomic E-state index is 13.0. The number of hydrogen-bond donors (Lipinski definition) is 1. The molecule has 0 aliphatic rings. The summed E-state index contributed by atoms with van der Waals surface area (Å²) in [4.78, 5) is 36.8. The number of amides is 1. The van der Waals surface area contributed by atoms with E-state index in [9.17, 15) is 32.9 Å². The minimum atomic E-state index is -4.95. The summed E-state index contributed by atoms with van der Waals surface area (Å²) >= 11 is 5.60. The maximum atomic E-state index is 13.0. The first-order chi connectivity index (χ1) is 12.6. The molecule has 0 aliphatic heterocycles. The zero-order valence-electron chi connectivity index (χ0n) is 13.1. The van der Waals surface area contributed by atoms with E-state index in [0.717, 1.165) is 12.1 Å². The Kier molecular flexibility index (Phi) is 5.95. The number of benzene rings is 1. The molecule has 0 bridgehead atoms. The van der Waals surface area contributed by atoms with Crippen LogP contribution in [0, 0.1) is 10.1 Å². The van der Waals surface area contributed by atoms with E-state index < -0.39 is 46.5 Å². The second-order valence-corrected chi connectivity index (χ2v) is 5.36. The van der Waals surface area contributed by atoms with Gasteiger partial charge in [-0.1, -0.05) is 11.6 Å². The molecule has 0 saturated heterocycles. The summed E-state index contributed by atoms with van der Waals surface area (Å²) in [5, 5.41) is 12.5. The van der Waals surface area contributed by atoms with Crippen molar-refractivity contribution in [3.8, 4) is 0 Å². The van der Waals surface area contributed by atoms with Crippen molar-refractivity contribution in [1.29, 1.82) is 0 Å². The van der Waals surface area contributed by atoms with Crippen LogP contribution >= 0.6 is 11.6 Å². The number of nitro benzene ring substituents is 1. The summed E-state index contributed by atoms with van der Waals surface area (Å²) in [7, 11) is 0. The van der Waals surface area contributed by atoms with Crippen LogP contribution in [0.4, 0.5) is 24.5 Å². The molecule has 1 amide bonds. The van der Waals surface area contributed by atoms with Crippen LogP contribution in [0.5, 0.6) is 0 Å². The third kappa shape index (κ3) is 5.38. The highest BCUT2D eigenvalue weighted by Gasteiger charge is 2.35. The number of esters is 1. The Morgan fingerprint density at radius 3 is 2.56 bits per heavy atom. The van der Waals surface area contributed by atoms with Crippen molar-refractivity contribution >= 4 is 34.9 Å². The van der Waals surface area contributed by atoms with E-state index in [2.05, 4.69) is 9.72 Å². The molecule has 142 valence electrons. The third-order valence-electron chi connectivity index (χ3n) is 3.09. The number of rotatable bonds is 5. The first-order valence-corrected chi connectivity index (χ1v) is 7.40. The number of anilines is 1. The standard InChI is InChI=1S/C15H9ClF3N3O5/c16-12-5-8(3-4-20-12)14(24)27-7-13(23)21-11-2-1-9(22(25)26)6-10(11)15(17,18)19/h1-6H,7H2,(H,21,23). The van der Waals surface area contributed by atoms with Gasteiger partial charge >= 0.3 is 12.1 Å². The van der Waals surface area contributed by atoms with Crippen LogP contribution in [0.25, 0.3) is 0 Å². The van der Waals surface area contributed by atoms with Crippen LogP contribution in [0.1, 0.15) is 15.9 Å². The smallest absolute Gasteiger partial charge is 0.418 e.